The SMILES string of the molecule is N#Cc1cccc(C(=O)NC(=O)[C@@H]2CCCN2C(=O)C2(CN(O)C=O)CC2C2CCCC2)c1. The monoisotopic (exact) mass is 452 g/mol. The van der Waals surface area contributed by atoms with Gasteiger partial charge in [-0.05, 0) is 49.3 Å². The van der Waals surface area contributed by atoms with Gasteiger partial charge in [-0.25, -0.2) is 5.06 Å². The van der Waals surface area contributed by atoms with Crippen molar-refractivity contribution in [2.75, 3.05) is 13.1 Å². The summed E-state index contributed by atoms with van der Waals surface area (Å²) in [6.07, 6.45) is 6.26. The Kier molecular flexibility index (Phi) is 6.47. The molecule has 2 saturated carbocycles. The van der Waals surface area contributed by atoms with Crippen LogP contribution >= 0.6 is 0 Å². The molecule has 174 valence electrons. The molecule has 1 aromatic rings. The molecule has 4 rings (SSSR count). The number of likely N-dealkylation sites (tertiary alicyclic amines) is 1. The number of carbonyl (C=O) groups excluding carboxylic acids is 4. The van der Waals surface area contributed by atoms with Crippen LogP contribution in [0.25, 0.3) is 0 Å². The van der Waals surface area contributed by atoms with Crippen LogP contribution in [0.3, 0.4) is 0 Å². The van der Waals surface area contributed by atoms with Crippen molar-refractivity contribution in [3.8, 4) is 6.07 Å². The first-order valence-electron chi connectivity index (χ1n) is 11.5. The highest BCUT2D eigenvalue weighted by Crippen LogP contribution is 2.61. The molecule has 2 N–H and O–H groups in total. The minimum Gasteiger partial charge on any atom is -0.330 e. The van der Waals surface area contributed by atoms with Crippen molar-refractivity contribution >= 4 is 24.1 Å². The summed E-state index contributed by atoms with van der Waals surface area (Å²) in [6, 6.07) is 7.22. The summed E-state index contributed by atoms with van der Waals surface area (Å²) in [7, 11) is 0. The van der Waals surface area contributed by atoms with Crippen LogP contribution < -0.4 is 5.32 Å². The van der Waals surface area contributed by atoms with E-state index in [1.165, 1.54) is 17.0 Å². The Morgan fingerprint density at radius 3 is 2.70 bits per heavy atom. The Balaban J connectivity index is 1.48. The van der Waals surface area contributed by atoms with Gasteiger partial charge in [0.15, 0.2) is 0 Å². The number of hydroxylamine groups is 2. The number of nitriles is 1. The highest BCUT2D eigenvalue weighted by molar-refractivity contribution is 6.07. The van der Waals surface area contributed by atoms with Crippen molar-refractivity contribution in [1.29, 1.82) is 5.26 Å². The molecule has 1 aliphatic heterocycles. The first-order chi connectivity index (χ1) is 15.9. The third-order valence-electron chi connectivity index (χ3n) is 7.40. The molecule has 0 radical (unpaired) electrons. The van der Waals surface area contributed by atoms with E-state index in [0.717, 1.165) is 25.7 Å². The molecular weight excluding hydrogens is 424 g/mol. The maximum absolute atomic E-state index is 13.7. The Morgan fingerprint density at radius 2 is 2.00 bits per heavy atom. The highest BCUT2D eigenvalue weighted by atomic mass is 16.5. The van der Waals surface area contributed by atoms with E-state index < -0.39 is 23.3 Å². The summed E-state index contributed by atoms with van der Waals surface area (Å²) < 4.78 is 0. The lowest BCUT2D eigenvalue weighted by atomic mass is 9.91. The summed E-state index contributed by atoms with van der Waals surface area (Å²) >= 11 is 0. The van der Waals surface area contributed by atoms with Crippen molar-refractivity contribution in [3.05, 3.63) is 35.4 Å². The molecule has 2 unspecified atom stereocenters. The van der Waals surface area contributed by atoms with Crippen LogP contribution in [-0.4, -0.2) is 58.4 Å². The molecule has 1 heterocycles. The average Bonchev–Trinajstić information content (AvgIpc) is 3.21. The second-order valence-corrected chi connectivity index (χ2v) is 9.38. The van der Waals surface area contributed by atoms with Crippen LogP contribution in [-0.2, 0) is 14.4 Å². The highest BCUT2D eigenvalue weighted by Gasteiger charge is 2.65. The molecule has 3 fully saturated rings. The lowest BCUT2D eigenvalue weighted by Crippen LogP contribution is -2.51. The summed E-state index contributed by atoms with van der Waals surface area (Å²) in [5, 5.41) is 21.8. The number of imide groups is 1. The summed E-state index contributed by atoms with van der Waals surface area (Å²) in [4.78, 5) is 51.8. The molecule has 0 aromatic heterocycles. The Bertz CT molecular complexity index is 999. The molecule has 3 atom stereocenters. The van der Waals surface area contributed by atoms with Crippen LogP contribution in [0.1, 0.15) is 60.9 Å². The van der Waals surface area contributed by atoms with Gasteiger partial charge in [-0.1, -0.05) is 31.7 Å². The Labute approximate surface area is 192 Å². The number of hydrogen-bond donors (Lipinski definition) is 2. The fourth-order valence-corrected chi connectivity index (χ4v) is 5.70. The van der Waals surface area contributed by atoms with E-state index in [9.17, 15) is 24.4 Å². The maximum atomic E-state index is 13.7. The van der Waals surface area contributed by atoms with Gasteiger partial charge in [-0.3, -0.25) is 29.7 Å². The summed E-state index contributed by atoms with van der Waals surface area (Å²) in [5.41, 5.74) is -0.371. The predicted octanol–water partition coefficient (Wildman–Crippen LogP) is 1.85. The van der Waals surface area contributed by atoms with E-state index in [-0.39, 0.29) is 23.9 Å². The molecule has 4 amide bonds. The van der Waals surface area contributed by atoms with Crippen molar-refractivity contribution in [3.63, 3.8) is 0 Å². The zero-order valence-electron chi connectivity index (χ0n) is 18.4. The number of rotatable bonds is 7. The fraction of sp³-hybridized carbons (Fsp3) is 0.542. The molecule has 0 spiro atoms. The molecule has 9 nitrogen and oxygen atoms in total. The Hall–Kier alpha value is -3.25. The quantitative estimate of drug-likeness (QED) is 0.281. The van der Waals surface area contributed by atoms with Crippen LogP contribution in [0, 0.1) is 28.6 Å². The zero-order chi connectivity index (χ0) is 23.6. The van der Waals surface area contributed by atoms with E-state index in [2.05, 4.69) is 5.32 Å². The van der Waals surface area contributed by atoms with Gasteiger partial charge in [0.05, 0.1) is 23.6 Å². The van der Waals surface area contributed by atoms with Gasteiger partial charge in [-0.2, -0.15) is 5.26 Å². The van der Waals surface area contributed by atoms with Gasteiger partial charge >= 0.3 is 0 Å². The standard InChI is InChI=1S/C24H28N4O5/c25-13-16-5-3-8-18(11-16)21(30)26-22(31)20-9-4-10-28(20)23(32)24(14-27(33)15-29)12-19(24)17-6-1-2-7-17/h3,5,8,11,15,17,19-20,33H,1-2,4,6-7,9-10,12,14H2,(H,26,30,31)/t19?,20-,24?/m0/s1. The molecule has 2 aliphatic carbocycles. The molecule has 1 saturated heterocycles. The van der Waals surface area contributed by atoms with E-state index in [1.54, 1.807) is 12.1 Å². The van der Waals surface area contributed by atoms with Crippen molar-refractivity contribution in [1.82, 2.24) is 15.3 Å². The van der Waals surface area contributed by atoms with Crippen molar-refractivity contribution in [2.45, 2.75) is 51.0 Å². The lowest BCUT2D eigenvalue weighted by molar-refractivity contribution is -0.160. The fourth-order valence-electron chi connectivity index (χ4n) is 5.70. The summed E-state index contributed by atoms with van der Waals surface area (Å²) in [6.45, 7) is 0.307. The van der Waals surface area contributed by atoms with Crippen molar-refractivity contribution in [2.24, 2.45) is 17.3 Å². The second kappa shape index (κ2) is 9.32. The van der Waals surface area contributed by atoms with Crippen LogP contribution in [0.4, 0.5) is 0 Å². The molecular formula is C24H28N4O5. The van der Waals surface area contributed by atoms with Crippen LogP contribution in [0.5, 0.6) is 0 Å². The number of nitrogens with zero attached hydrogens (tertiary/aromatic N) is 3. The van der Waals surface area contributed by atoms with Crippen LogP contribution in [0.15, 0.2) is 24.3 Å². The predicted molar refractivity (Wildman–Crippen MR) is 115 cm³/mol. The molecule has 0 bridgehead atoms. The number of amides is 4. The lowest BCUT2D eigenvalue weighted by Gasteiger charge is -2.30. The third kappa shape index (κ3) is 4.48. The number of carbonyl (C=O) groups is 4. The number of hydrogen-bond acceptors (Lipinski definition) is 6. The second-order valence-electron chi connectivity index (χ2n) is 9.38. The van der Waals surface area contributed by atoms with Gasteiger partial charge in [0.2, 0.25) is 18.2 Å². The first-order valence-corrected chi connectivity index (χ1v) is 11.5. The minimum atomic E-state index is -0.876. The zero-order valence-corrected chi connectivity index (χ0v) is 18.4. The maximum Gasteiger partial charge on any atom is 0.257 e. The smallest absolute Gasteiger partial charge is 0.257 e. The van der Waals surface area contributed by atoms with Gasteiger partial charge in [-0.15, -0.1) is 0 Å². The molecule has 1 aromatic carbocycles. The third-order valence-corrected chi connectivity index (χ3v) is 7.40. The van der Waals surface area contributed by atoms with E-state index in [0.29, 0.717) is 48.8 Å². The molecule has 3 aliphatic rings. The van der Waals surface area contributed by atoms with Gasteiger partial charge in [0, 0.05) is 12.1 Å². The largest absolute Gasteiger partial charge is 0.330 e. The number of benzene rings is 1. The topological polar surface area (TPSA) is 131 Å². The molecule has 33 heavy (non-hydrogen) atoms. The van der Waals surface area contributed by atoms with Crippen molar-refractivity contribution < 1.29 is 24.4 Å². The average molecular weight is 453 g/mol. The van der Waals surface area contributed by atoms with Gasteiger partial charge < -0.3 is 4.90 Å². The first kappa shape index (κ1) is 22.9. The normalized spacial score (nSPS) is 26.5. The van der Waals surface area contributed by atoms with Gasteiger partial charge in [0.1, 0.15) is 6.04 Å². The van der Waals surface area contributed by atoms with Crippen LogP contribution in [0.2, 0.25) is 0 Å². The van der Waals surface area contributed by atoms with E-state index >= 15 is 0 Å². The molecule has 9 heteroatoms. The Morgan fingerprint density at radius 1 is 1.24 bits per heavy atom. The van der Waals surface area contributed by atoms with E-state index in [1.807, 2.05) is 6.07 Å². The van der Waals surface area contributed by atoms with E-state index in [4.69, 9.17) is 5.26 Å². The summed E-state index contributed by atoms with van der Waals surface area (Å²) in [5.74, 6) is -0.932. The minimum absolute atomic E-state index is 0.0821. The number of nitrogens with one attached hydrogen (secondary N) is 1. The van der Waals surface area contributed by atoms with Gasteiger partial charge in [0.25, 0.3) is 5.91 Å².